The number of furan rings is 1. The van der Waals surface area contributed by atoms with Gasteiger partial charge in [0.15, 0.2) is 0 Å². The highest BCUT2D eigenvalue weighted by atomic mass is 16.3. The highest BCUT2D eigenvalue weighted by Crippen LogP contribution is 2.19. The van der Waals surface area contributed by atoms with Gasteiger partial charge in [-0.3, -0.25) is 9.69 Å². The first-order chi connectivity index (χ1) is 9.11. The monoisotopic (exact) mass is 261 g/mol. The fourth-order valence-corrected chi connectivity index (χ4v) is 2.63. The lowest BCUT2D eigenvalue weighted by Gasteiger charge is -2.27. The van der Waals surface area contributed by atoms with Crippen LogP contribution in [-0.4, -0.2) is 41.9 Å². The zero-order chi connectivity index (χ0) is 13.8. The van der Waals surface area contributed by atoms with Crippen LogP contribution in [0.5, 0.6) is 0 Å². The zero-order valence-corrected chi connectivity index (χ0v) is 11.4. The topological polar surface area (TPSA) is 60.5 Å². The summed E-state index contributed by atoms with van der Waals surface area (Å²) in [6.45, 7) is 4.22. The highest BCUT2D eigenvalue weighted by Gasteiger charge is 2.33. The van der Waals surface area contributed by atoms with E-state index in [2.05, 4.69) is 17.9 Å². The van der Waals surface area contributed by atoms with Crippen LogP contribution in [0.2, 0.25) is 0 Å². The van der Waals surface area contributed by atoms with E-state index in [9.17, 15) is 4.79 Å². The Hall–Kier alpha value is -1.80. The van der Waals surface area contributed by atoms with Crippen LogP contribution in [0, 0.1) is 17.2 Å². The van der Waals surface area contributed by atoms with E-state index in [1.54, 1.807) is 18.2 Å². The predicted molar refractivity (Wildman–Crippen MR) is 69.9 cm³/mol. The van der Waals surface area contributed by atoms with E-state index in [-0.39, 0.29) is 18.4 Å². The van der Waals surface area contributed by atoms with Gasteiger partial charge in [-0.1, -0.05) is 6.92 Å². The van der Waals surface area contributed by atoms with E-state index in [0.29, 0.717) is 12.5 Å². The number of hydrogen-bond acceptors (Lipinski definition) is 4. The summed E-state index contributed by atoms with van der Waals surface area (Å²) in [5.74, 6) is 1.23. The average Bonchev–Trinajstić information content (AvgIpc) is 2.83. The number of amides is 1. The zero-order valence-electron chi connectivity index (χ0n) is 11.4. The molecule has 1 aliphatic heterocycles. The SMILES string of the molecule is CC1CN(C)C(=O)C(CC#N)N(Cc2ccco2)C1. The van der Waals surface area contributed by atoms with Gasteiger partial charge in [0.2, 0.25) is 5.91 Å². The standard InChI is InChI=1S/C14H19N3O2/c1-11-8-16(2)14(18)13(5-6-15)17(9-11)10-12-4-3-7-19-12/h3-4,7,11,13H,5,8-10H2,1-2H3. The van der Waals surface area contributed by atoms with E-state index >= 15 is 0 Å². The fourth-order valence-electron chi connectivity index (χ4n) is 2.63. The molecule has 1 aromatic rings. The summed E-state index contributed by atoms with van der Waals surface area (Å²) < 4.78 is 5.35. The minimum Gasteiger partial charge on any atom is -0.468 e. The number of carbonyl (C=O) groups is 1. The molecule has 0 N–H and O–H groups in total. The van der Waals surface area contributed by atoms with Crippen LogP contribution >= 0.6 is 0 Å². The molecule has 0 saturated carbocycles. The van der Waals surface area contributed by atoms with Gasteiger partial charge in [-0.2, -0.15) is 5.26 Å². The third-order valence-electron chi connectivity index (χ3n) is 3.46. The number of rotatable bonds is 3. The molecule has 1 fully saturated rings. The Balaban J connectivity index is 2.20. The van der Waals surface area contributed by atoms with Crippen molar-refractivity contribution < 1.29 is 9.21 Å². The highest BCUT2D eigenvalue weighted by molar-refractivity contribution is 5.82. The van der Waals surface area contributed by atoms with E-state index in [1.165, 1.54) is 0 Å². The van der Waals surface area contributed by atoms with Gasteiger partial charge in [-0.15, -0.1) is 0 Å². The third kappa shape index (κ3) is 3.15. The Morgan fingerprint density at radius 1 is 1.53 bits per heavy atom. The molecule has 2 atom stereocenters. The van der Waals surface area contributed by atoms with Crippen LogP contribution in [0.4, 0.5) is 0 Å². The molecule has 1 aliphatic rings. The van der Waals surface area contributed by atoms with Crippen molar-refractivity contribution in [3.8, 4) is 6.07 Å². The molecule has 0 spiro atoms. The molecule has 0 aromatic carbocycles. The molecular weight excluding hydrogens is 242 g/mol. The second-order valence-electron chi connectivity index (χ2n) is 5.21. The number of likely N-dealkylation sites (N-methyl/N-ethyl adjacent to an activating group) is 1. The van der Waals surface area contributed by atoms with Crippen LogP contribution in [0.3, 0.4) is 0 Å². The molecule has 0 radical (unpaired) electrons. The van der Waals surface area contributed by atoms with Gasteiger partial charge >= 0.3 is 0 Å². The van der Waals surface area contributed by atoms with E-state index < -0.39 is 0 Å². The molecule has 0 aliphatic carbocycles. The maximum atomic E-state index is 12.3. The second-order valence-corrected chi connectivity index (χ2v) is 5.21. The van der Waals surface area contributed by atoms with Crippen LogP contribution in [-0.2, 0) is 11.3 Å². The van der Waals surface area contributed by atoms with Gasteiger partial charge in [0.1, 0.15) is 11.8 Å². The lowest BCUT2D eigenvalue weighted by molar-refractivity contribution is -0.134. The number of nitrogens with zero attached hydrogens (tertiary/aromatic N) is 3. The van der Waals surface area contributed by atoms with Gasteiger partial charge in [-0.05, 0) is 18.1 Å². The van der Waals surface area contributed by atoms with E-state index in [0.717, 1.165) is 18.8 Å². The lowest BCUT2D eigenvalue weighted by Crippen LogP contribution is -2.44. The molecule has 1 amide bonds. The Morgan fingerprint density at radius 3 is 2.95 bits per heavy atom. The van der Waals surface area contributed by atoms with Crippen LogP contribution in [0.15, 0.2) is 22.8 Å². The molecule has 5 heteroatoms. The summed E-state index contributed by atoms with van der Waals surface area (Å²) in [6, 6.07) is 5.48. The van der Waals surface area contributed by atoms with E-state index in [1.807, 2.05) is 12.1 Å². The first-order valence-electron chi connectivity index (χ1n) is 6.50. The van der Waals surface area contributed by atoms with Crippen molar-refractivity contribution in [1.82, 2.24) is 9.80 Å². The van der Waals surface area contributed by atoms with E-state index in [4.69, 9.17) is 9.68 Å². The second kappa shape index (κ2) is 5.89. The molecule has 102 valence electrons. The number of nitriles is 1. The Bertz CT molecular complexity index is 464. The quantitative estimate of drug-likeness (QED) is 0.826. The Kier molecular flexibility index (Phi) is 4.23. The first-order valence-corrected chi connectivity index (χ1v) is 6.50. The molecule has 2 unspecified atom stereocenters. The Morgan fingerprint density at radius 2 is 2.32 bits per heavy atom. The molecule has 1 aromatic heterocycles. The van der Waals surface area contributed by atoms with Gasteiger partial charge in [-0.25, -0.2) is 0 Å². The van der Waals surface area contributed by atoms with Crippen LogP contribution in [0.25, 0.3) is 0 Å². The average molecular weight is 261 g/mol. The Labute approximate surface area is 113 Å². The smallest absolute Gasteiger partial charge is 0.240 e. The number of carbonyl (C=O) groups excluding carboxylic acids is 1. The van der Waals surface area contributed by atoms with Crippen molar-refractivity contribution >= 4 is 5.91 Å². The van der Waals surface area contributed by atoms with Crippen molar-refractivity contribution in [2.75, 3.05) is 20.1 Å². The van der Waals surface area contributed by atoms with Crippen molar-refractivity contribution in [3.63, 3.8) is 0 Å². The molecule has 2 heterocycles. The minimum absolute atomic E-state index is 0.0254. The molecule has 19 heavy (non-hydrogen) atoms. The van der Waals surface area contributed by atoms with Gasteiger partial charge in [0.25, 0.3) is 0 Å². The summed E-state index contributed by atoms with van der Waals surface area (Å²) in [4.78, 5) is 16.1. The van der Waals surface area contributed by atoms with Crippen molar-refractivity contribution in [1.29, 1.82) is 5.26 Å². The largest absolute Gasteiger partial charge is 0.468 e. The van der Waals surface area contributed by atoms with Gasteiger partial charge in [0.05, 0.1) is 25.3 Å². The summed E-state index contributed by atoms with van der Waals surface area (Å²) in [6.07, 6.45) is 1.85. The summed E-state index contributed by atoms with van der Waals surface area (Å²) in [5, 5.41) is 8.95. The van der Waals surface area contributed by atoms with Crippen molar-refractivity contribution in [2.24, 2.45) is 5.92 Å². The summed E-state index contributed by atoms with van der Waals surface area (Å²) in [7, 11) is 1.81. The van der Waals surface area contributed by atoms with Gasteiger partial charge in [0, 0.05) is 20.1 Å². The molecule has 1 saturated heterocycles. The summed E-state index contributed by atoms with van der Waals surface area (Å²) in [5.41, 5.74) is 0. The lowest BCUT2D eigenvalue weighted by atomic mass is 10.1. The maximum absolute atomic E-state index is 12.3. The third-order valence-corrected chi connectivity index (χ3v) is 3.46. The molecule has 5 nitrogen and oxygen atoms in total. The minimum atomic E-state index is -0.370. The molecular formula is C14H19N3O2. The van der Waals surface area contributed by atoms with Crippen LogP contribution in [0.1, 0.15) is 19.1 Å². The van der Waals surface area contributed by atoms with Gasteiger partial charge < -0.3 is 9.32 Å². The summed E-state index contributed by atoms with van der Waals surface area (Å²) >= 11 is 0. The first kappa shape index (κ1) is 13.6. The van der Waals surface area contributed by atoms with Crippen molar-refractivity contribution in [3.05, 3.63) is 24.2 Å². The van der Waals surface area contributed by atoms with Crippen LogP contribution < -0.4 is 0 Å². The maximum Gasteiger partial charge on any atom is 0.240 e. The normalized spacial score (nSPS) is 25.1. The number of hydrogen-bond donors (Lipinski definition) is 0. The fraction of sp³-hybridized carbons (Fsp3) is 0.571. The predicted octanol–water partition coefficient (Wildman–Crippen LogP) is 1.47. The molecule has 0 bridgehead atoms. The van der Waals surface area contributed by atoms with Crippen molar-refractivity contribution in [2.45, 2.75) is 25.9 Å². The molecule has 2 rings (SSSR count).